The highest BCUT2D eigenvalue weighted by Crippen LogP contribution is 2.10. The van der Waals surface area contributed by atoms with Gasteiger partial charge in [-0.25, -0.2) is 9.97 Å². The Balaban J connectivity index is 0.00000320. The van der Waals surface area contributed by atoms with Gasteiger partial charge in [-0.1, -0.05) is 0 Å². The summed E-state index contributed by atoms with van der Waals surface area (Å²) in [4.78, 5) is 29.2. The first-order valence-corrected chi connectivity index (χ1v) is 9.98. The largest absolute Gasteiger partial charge is 0.356 e. The molecule has 0 aromatic carbocycles. The summed E-state index contributed by atoms with van der Waals surface area (Å²) in [5, 5.41) is 10.6. The zero-order valence-corrected chi connectivity index (χ0v) is 19.6. The van der Waals surface area contributed by atoms with Crippen molar-refractivity contribution in [2.24, 2.45) is 4.99 Å². The number of halogens is 1. The van der Waals surface area contributed by atoms with Gasteiger partial charge >= 0.3 is 0 Å². The number of hydrogen-bond acceptors (Lipinski definition) is 6. The first kappa shape index (κ1) is 23.8. The molecule has 0 saturated carbocycles. The number of aryl methyl sites for hydroxylation is 1. The fourth-order valence-corrected chi connectivity index (χ4v) is 3.16. The molecule has 1 amide bonds. The molecular formula is C19H30IN9O. The molecule has 0 atom stereocenters. The van der Waals surface area contributed by atoms with Crippen molar-refractivity contribution in [3.63, 3.8) is 0 Å². The normalized spacial score (nSPS) is 14.2. The number of aromatic nitrogens is 4. The van der Waals surface area contributed by atoms with Crippen molar-refractivity contribution < 1.29 is 4.79 Å². The number of anilines is 1. The van der Waals surface area contributed by atoms with Crippen LogP contribution in [0.5, 0.6) is 0 Å². The van der Waals surface area contributed by atoms with Crippen LogP contribution in [0.1, 0.15) is 12.8 Å². The van der Waals surface area contributed by atoms with Crippen LogP contribution in [0.4, 0.5) is 5.95 Å². The number of amides is 1. The molecule has 2 aromatic heterocycles. The highest BCUT2D eigenvalue weighted by molar-refractivity contribution is 14.0. The number of carbonyl (C=O) groups excluding carboxylic acids is 1. The van der Waals surface area contributed by atoms with E-state index in [1.165, 1.54) is 0 Å². The summed E-state index contributed by atoms with van der Waals surface area (Å²) in [6.07, 6.45) is 8.59. The smallest absolute Gasteiger partial charge is 0.225 e. The summed E-state index contributed by atoms with van der Waals surface area (Å²) >= 11 is 0. The van der Waals surface area contributed by atoms with Crippen LogP contribution in [0.3, 0.4) is 0 Å². The first-order chi connectivity index (χ1) is 14.3. The average Bonchev–Trinajstić information content (AvgIpc) is 3.29. The maximum Gasteiger partial charge on any atom is 0.225 e. The van der Waals surface area contributed by atoms with Crippen molar-refractivity contribution in [1.82, 2.24) is 35.3 Å². The molecule has 2 N–H and O–H groups in total. The molecule has 0 unspecified atom stereocenters. The highest BCUT2D eigenvalue weighted by atomic mass is 127. The van der Waals surface area contributed by atoms with Crippen LogP contribution < -0.4 is 15.5 Å². The van der Waals surface area contributed by atoms with Crippen molar-refractivity contribution in [3.8, 4) is 0 Å². The molecular weight excluding hydrogens is 497 g/mol. The van der Waals surface area contributed by atoms with E-state index in [1.54, 1.807) is 31.7 Å². The van der Waals surface area contributed by atoms with E-state index in [0.717, 1.165) is 38.5 Å². The third kappa shape index (κ3) is 7.43. The van der Waals surface area contributed by atoms with Crippen LogP contribution >= 0.6 is 24.0 Å². The first-order valence-electron chi connectivity index (χ1n) is 9.98. The number of nitrogens with zero attached hydrogens (tertiary/aromatic N) is 7. The number of hydrogen-bond donors (Lipinski definition) is 2. The SMILES string of the molecule is CN=C(NCCCn1cccn1)NCCC(=O)N1CCN(c2ncccn2)CC1.I. The molecule has 3 rings (SSSR count). The van der Waals surface area contributed by atoms with Crippen LogP contribution in [0, 0.1) is 0 Å². The Bertz CT molecular complexity index is 762. The summed E-state index contributed by atoms with van der Waals surface area (Å²) in [6, 6.07) is 3.72. The van der Waals surface area contributed by atoms with Crippen molar-refractivity contribution in [2.75, 3.05) is 51.2 Å². The minimum Gasteiger partial charge on any atom is -0.356 e. The maximum atomic E-state index is 12.5. The average molecular weight is 527 g/mol. The molecule has 1 aliphatic heterocycles. The van der Waals surface area contributed by atoms with Gasteiger partial charge in [0.1, 0.15) is 0 Å². The van der Waals surface area contributed by atoms with E-state index in [4.69, 9.17) is 0 Å². The van der Waals surface area contributed by atoms with Gasteiger partial charge in [0, 0.05) is 84.1 Å². The molecule has 0 bridgehead atoms. The third-order valence-electron chi connectivity index (χ3n) is 4.74. The predicted octanol–water partition coefficient (Wildman–Crippen LogP) is 0.585. The summed E-state index contributed by atoms with van der Waals surface area (Å²) in [6.45, 7) is 5.09. The number of nitrogens with one attached hydrogen (secondary N) is 2. The van der Waals surface area contributed by atoms with Gasteiger partial charge < -0.3 is 20.4 Å². The van der Waals surface area contributed by atoms with Crippen molar-refractivity contribution in [3.05, 3.63) is 36.9 Å². The molecule has 1 aliphatic rings. The second-order valence-electron chi connectivity index (χ2n) is 6.72. The molecule has 11 heteroatoms. The molecule has 30 heavy (non-hydrogen) atoms. The summed E-state index contributed by atoms with van der Waals surface area (Å²) < 4.78 is 1.90. The number of rotatable bonds is 8. The van der Waals surface area contributed by atoms with E-state index in [9.17, 15) is 4.79 Å². The number of guanidine groups is 1. The van der Waals surface area contributed by atoms with Crippen molar-refractivity contribution >= 4 is 41.8 Å². The lowest BCUT2D eigenvalue weighted by Gasteiger charge is -2.34. The predicted molar refractivity (Wildman–Crippen MR) is 127 cm³/mol. The highest BCUT2D eigenvalue weighted by Gasteiger charge is 2.22. The van der Waals surface area contributed by atoms with Crippen LogP contribution in [0.2, 0.25) is 0 Å². The Kier molecular flexibility index (Phi) is 10.3. The van der Waals surface area contributed by atoms with Crippen LogP contribution in [0.15, 0.2) is 41.9 Å². The molecule has 10 nitrogen and oxygen atoms in total. The van der Waals surface area contributed by atoms with Gasteiger partial charge in [-0.3, -0.25) is 14.5 Å². The Morgan fingerprint density at radius 2 is 1.80 bits per heavy atom. The monoisotopic (exact) mass is 527 g/mol. The van der Waals surface area contributed by atoms with Crippen molar-refractivity contribution in [1.29, 1.82) is 0 Å². The Morgan fingerprint density at radius 3 is 2.47 bits per heavy atom. The van der Waals surface area contributed by atoms with E-state index in [-0.39, 0.29) is 29.9 Å². The molecule has 1 fully saturated rings. The summed E-state index contributed by atoms with van der Waals surface area (Å²) in [5.41, 5.74) is 0. The van der Waals surface area contributed by atoms with Crippen LogP contribution in [-0.2, 0) is 11.3 Å². The zero-order valence-electron chi connectivity index (χ0n) is 17.3. The minimum absolute atomic E-state index is 0. The van der Waals surface area contributed by atoms with Gasteiger partial charge in [0.15, 0.2) is 5.96 Å². The summed E-state index contributed by atoms with van der Waals surface area (Å²) in [7, 11) is 1.73. The molecule has 2 aromatic rings. The molecule has 1 saturated heterocycles. The van der Waals surface area contributed by atoms with Gasteiger partial charge in [0.05, 0.1) is 0 Å². The topological polar surface area (TPSA) is 104 Å². The van der Waals surface area contributed by atoms with Crippen LogP contribution in [0.25, 0.3) is 0 Å². The second kappa shape index (κ2) is 13.0. The lowest BCUT2D eigenvalue weighted by Crippen LogP contribution is -2.50. The number of piperazine rings is 1. The number of aliphatic imine (C=N–C) groups is 1. The third-order valence-corrected chi connectivity index (χ3v) is 4.74. The van der Waals surface area contributed by atoms with Crippen molar-refractivity contribution in [2.45, 2.75) is 19.4 Å². The lowest BCUT2D eigenvalue weighted by molar-refractivity contribution is -0.131. The molecule has 164 valence electrons. The lowest BCUT2D eigenvalue weighted by atomic mass is 10.3. The fraction of sp³-hybridized carbons (Fsp3) is 0.526. The van der Waals surface area contributed by atoms with Gasteiger partial charge in [0.2, 0.25) is 11.9 Å². The Hall–Kier alpha value is -2.44. The molecule has 0 aliphatic carbocycles. The molecule has 3 heterocycles. The maximum absolute atomic E-state index is 12.5. The van der Waals surface area contributed by atoms with Gasteiger partial charge in [-0.2, -0.15) is 5.10 Å². The van der Waals surface area contributed by atoms with E-state index in [0.29, 0.717) is 32.0 Å². The van der Waals surface area contributed by atoms with Gasteiger partial charge in [-0.15, -0.1) is 24.0 Å². The molecule has 0 radical (unpaired) electrons. The van der Waals surface area contributed by atoms with Crippen LogP contribution in [-0.4, -0.2) is 82.8 Å². The quantitative estimate of drug-likeness (QED) is 0.224. The van der Waals surface area contributed by atoms with Gasteiger partial charge in [0.25, 0.3) is 0 Å². The van der Waals surface area contributed by atoms with E-state index in [2.05, 4.69) is 35.6 Å². The van der Waals surface area contributed by atoms with E-state index >= 15 is 0 Å². The van der Waals surface area contributed by atoms with Gasteiger partial charge in [-0.05, 0) is 18.6 Å². The Labute approximate surface area is 194 Å². The zero-order chi connectivity index (χ0) is 20.3. The van der Waals surface area contributed by atoms with E-state index < -0.39 is 0 Å². The summed E-state index contributed by atoms with van der Waals surface area (Å²) in [5.74, 6) is 1.59. The second-order valence-corrected chi connectivity index (χ2v) is 6.72. The molecule has 0 spiro atoms. The standard InChI is InChI=1S/C19H29N9O.HI/c1-20-18(21-8-3-11-28-12-4-9-25-28)22-10-5-17(29)26-13-15-27(16-14-26)19-23-6-2-7-24-19;/h2,4,6-7,9,12H,3,5,8,10-11,13-16H2,1H3,(H2,20,21,22);1H. The Morgan fingerprint density at radius 1 is 1.07 bits per heavy atom. The number of carbonyl (C=O) groups is 1. The minimum atomic E-state index is 0. The van der Waals surface area contributed by atoms with E-state index in [1.807, 2.05) is 21.8 Å². The fourth-order valence-electron chi connectivity index (χ4n) is 3.16.